The van der Waals surface area contributed by atoms with Crippen molar-refractivity contribution < 1.29 is 0 Å². The van der Waals surface area contributed by atoms with Crippen LogP contribution in [0.2, 0.25) is 0 Å². The van der Waals surface area contributed by atoms with Crippen LogP contribution < -0.4 is 10.0 Å². The lowest BCUT2D eigenvalue weighted by Gasteiger charge is -2.26. The fraction of sp³-hybridized carbons (Fsp3) is 0.211. The van der Waals surface area contributed by atoms with Crippen LogP contribution in [0.4, 0.5) is 17.1 Å². The summed E-state index contributed by atoms with van der Waals surface area (Å²) in [7, 11) is 4.02. The Balaban J connectivity index is 1.94. The Labute approximate surface area is 156 Å². The molecule has 0 saturated carbocycles. The van der Waals surface area contributed by atoms with Crippen LogP contribution in [0.1, 0.15) is 5.69 Å². The summed E-state index contributed by atoms with van der Waals surface area (Å²) in [5.41, 5.74) is 3.17. The van der Waals surface area contributed by atoms with Crippen molar-refractivity contribution in [3.8, 4) is 5.69 Å². The lowest BCUT2D eigenvalue weighted by Crippen LogP contribution is -2.38. The number of aryl methyl sites for hydroxylation is 1. The summed E-state index contributed by atoms with van der Waals surface area (Å²) in [4.78, 5) is 12.6. The highest BCUT2D eigenvalue weighted by Crippen LogP contribution is 2.26. The Morgan fingerprint density at radius 2 is 1.81 bits per heavy atom. The van der Waals surface area contributed by atoms with E-state index in [4.69, 9.17) is 11.6 Å². The number of hydrogen-bond donors (Lipinski definition) is 1. The number of nitrogens with zero attached hydrogens (tertiary/aromatic N) is 4. The summed E-state index contributed by atoms with van der Waals surface area (Å²) in [5, 5.41) is 11.5. The Morgan fingerprint density at radius 1 is 1.08 bits per heavy atom. The Morgan fingerprint density at radius 3 is 2.50 bits per heavy atom. The molecule has 3 aromatic rings. The number of quaternary nitrogens is 1. The number of nitrogens with one attached hydrogen (secondary N) is 1. The van der Waals surface area contributed by atoms with Crippen molar-refractivity contribution in [2.45, 2.75) is 6.92 Å². The molecule has 7 heteroatoms. The van der Waals surface area contributed by atoms with E-state index in [-0.39, 0.29) is 5.56 Å². The third-order valence-corrected chi connectivity index (χ3v) is 4.75. The van der Waals surface area contributed by atoms with Crippen LogP contribution >= 0.6 is 11.6 Å². The minimum Gasteiger partial charge on any atom is -0.293 e. The normalized spacial score (nSPS) is 12.0. The van der Waals surface area contributed by atoms with Crippen LogP contribution in [0.15, 0.2) is 69.6 Å². The molecule has 0 aliphatic rings. The molecule has 6 nitrogen and oxygen atoms in total. The molecular weight excluding hydrogens is 350 g/mol. The topological polar surface area (TPSA) is 62.5 Å². The van der Waals surface area contributed by atoms with E-state index in [9.17, 15) is 4.79 Å². The van der Waals surface area contributed by atoms with Gasteiger partial charge in [0.1, 0.15) is 5.69 Å². The second-order valence-corrected chi connectivity index (χ2v) is 6.82. The maximum absolute atomic E-state index is 12.6. The number of para-hydroxylation sites is 1. The molecule has 0 bridgehead atoms. The molecule has 1 aromatic heterocycles. The van der Waals surface area contributed by atoms with Crippen LogP contribution in [0.25, 0.3) is 5.69 Å². The summed E-state index contributed by atoms with van der Waals surface area (Å²) in [6.07, 6.45) is 0. The minimum absolute atomic E-state index is 0.231. The zero-order chi connectivity index (χ0) is 18.7. The van der Waals surface area contributed by atoms with Gasteiger partial charge in [-0.3, -0.25) is 14.4 Å². The highest BCUT2D eigenvalue weighted by Gasteiger charge is 2.17. The van der Waals surface area contributed by atoms with Gasteiger partial charge in [0.25, 0.3) is 5.56 Å². The predicted molar refractivity (Wildman–Crippen MR) is 106 cm³/mol. The molecule has 0 amide bonds. The SMILES string of the molecule is Cc1[nH]n(-c2ccccc2)c(=O)c1N=Nc1cccc([N+](C)(C)CCl)c1. The zero-order valence-corrected chi connectivity index (χ0v) is 15.7. The van der Waals surface area contributed by atoms with Crippen LogP contribution in [-0.2, 0) is 0 Å². The number of hydrogen-bond acceptors (Lipinski definition) is 3. The van der Waals surface area contributed by atoms with Crippen molar-refractivity contribution in [2.75, 3.05) is 20.1 Å². The summed E-state index contributed by atoms with van der Waals surface area (Å²) >= 11 is 6.03. The highest BCUT2D eigenvalue weighted by molar-refractivity contribution is 6.18. The monoisotopic (exact) mass is 370 g/mol. The summed E-state index contributed by atoms with van der Waals surface area (Å²) in [6, 6.07) is 17.5. The lowest BCUT2D eigenvalue weighted by atomic mass is 10.2. The largest absolute Gasteiger partial charge is 0.299 e. The smallest absolute Gasteiger partial charge is 0.293 e. The van der Waals surface area contributed by atoms with Crippen molar-refractivity contribution in [1.29, 1.82) is 0 Å². The van der Waals surface area contributed by atoms with E-state index in [0.29, 0.717) is 27.6 Å². The number of H-pyrrole nitrogens is 1. The molecule has 0 radical (unpaired) electrons. The number of azo groups is 1. The Kier molecular flexibility index (Phi) is 5.06. The molecule has 0 saturated heterocycles. The van der Waals surface area contributed by atoms with Gasteiger partial charge in [0.15, 0.2) is 11.7 Å². The van der Waals surface area contributed by atoms with Crippen LogP contribution in [-0.4, -0.2) is 29.9 Å². The fourth-order valence-electron chi connectivity index (χ4n) is 2.52. The maximum Gasteiger partial charge on any atom is 0.299 e. The molecule has 2 aromatic carbocycles. The number of aromatic amines is 1. The predicted octanol–water partition coefficient (Wildman–Crippen LogP) is 4.65. The van der Waals surface area contributed by atoms with E-state index in [1.165, 1.54) is 4.68 Å². The first-order chi connectivity index (χ1) is 12.4. The molecule has 26 heavy (non-hydrogen) atoms. The van der Waals surface area contributed by atoms with Crippen LogP contribution in [0.5, 0.6) is 0 Å². The van der Waals surface area contributed by atoms with Crippen molar-refractivity contribution in [3.05, 3.63) is 70.6 Å². The van der Waals surface area contributed by atoms with E-state index in [0.717, 1.165) is 11.4 Å². The number of halogens is 1. The number of rotatable bonds is 5. The van der Waals surface area contributed by atoms with Gasteiger partial charge < -0.3 is 0 Å². The number of alkyl halides is 1. The molecule has 0 aliphatic carbocycles. The molecule has 0 fully saturated rings. The van der Waals surface area contributed by atoms with Gasteiger partial charge in [0.05, 0.1) is 31.2 Å². The van der Waals surface area contributed by atoms with Gasteiger partial charge in [-0.05, 0) is 31.2 Å². The van der Waals surface area contributed by atoms with Gasteiger partial charge in [-0.25, -0.2) is 4.68 Å². The van der Waals surface area contributed by atoms with Crippen molar-refractivity contribution >= 4 is 28.7 Å². The van der Waals surface area contributed by atoms with Gasteiger partial charge in [0, 0.05) is 6.07 Å². The van der Waals surface area contributed by atoms with Gasteiger partial charge in [-0.2, -0.15) is 5.11 Å². The van der Waals surface area contributed by atoms with Crippen LogP contribution in [0, 0.1) is 6.92 Å². The Hall–Kier alpha value is -2.70. The van der Waals surface area contributed by atoms with Gasteiger partial charge in [-0.1, -0.05) is 35.9 Å². The molecule has 0 atom stereocenters. The summed E-state index contributed by atoms with van der Waals surface area (Å²) < 4.78 is 1.99. The van der Waals surface area contributed by atoms with Gasteiger partial charge >= 0.3 is 0 Å². The lowest BCUT2D eigenvalue weighted by molar-refractivity contribution is 0.464. The number of benzene rings is 2. The first-order valence-corrected chi connectivity index (χ1v) is 8.74. The average Bonchev–Trinajstić information content (AvgIpc) is 2.95. The molecule has 0 spiro atoms. The molecule has 0 aliphatic heterocycles. The molecule has 3 rings (SSSR count). The quantitative estimate of drug-likeness (QED) is 0.302. The Bertz CT molecular complexity index is 989. The van der Waals surface area contributed by atoms with Crippen molar-refractivity contribution in [2.24, 2.45) is 10.2 Å². The van der Waals surface area contributed by atoms with Crippen LogP contribution in [0.3, 0.4) is 0 Å². The third-order valence-electron chi connectivity index (χ3n) is 4.15. The molecule has 134 valence electrons. The van der Waals surface area contributed by atoms with E-state index < -0.39 is 0 Å². The minimum atomic E-state index is -0.231. The van der Waals surface area contributed by atoms with E-state index in [1.807, 2.05) is 68.7 Å². The van der Waals surface area contributed by atoms with Crippen molar-refractivity contribution in [1.82, 2.24) is 14.3 Å². The van der Waals surface area contributed by atoms with E-state index >= 15 is 0 Å². The van der Waals surface area contributed by atoms with Gasteiger partial charge in [0.2, 0.25) is 0 Å². The highest BCUT2D eigenvalue weighted by atomic mass is 35.5. The molecule has 0 unspecified atom stereocenters. The summed E-state index contributed by atoms with van der Waals surface area (Å²) in [5.74, 6) is 0. The van der Waals surface area contributed by atoms with E-state index in [1.54, 1.807) is 6.92 Å². The standard InChI is InChI=1S/C19H20ClN5O/c1-14-18(19(26)24(23-14)16-9-5-4-6-10-16)22-21-15-8-7-11-17(12-15)25(2,3)13-20/h4-12H,13H2,1-3H3/p+1. The third kappa shape index (κ3) is 3.61. The second-order valence-electron chi connectivity index (χ2n) is 6.59. The van der Waals surface area contributed by atoms with E-state index in [2.05, 4.69) is 15.3 Å². The first-order valence-electron chi connectivity index (χ1n) is 8.21. The van der Waals surface area contributed by atoms with Gasteiger partial charge in [-0.15, -0.1) is 5.11 Å². The average molecular weight is 371 g/mol. The molecule has 1 N–H and O–H groups in total. The maximum atomic E-state index is 12.6. The number of aromatic nitrogens is 2. The fourth-order valence-corrected chi connectivity index (χ4v) is 2.66. The second kappa shape index (κ2) is 7.27. The van der Waals surface area contributed by atoms with Crippen molar-refractivity contribution in [3.63, 3.8) is 0 Å². The summed E-state index contributed by atoms with van der Waals surface area (Å²) in [6.45, 7) is 1.80. The molecule has 1 heterocycles. The zero-order valence-electron chi connectivity index (χ0n) is 15.0. The first kappa shape index (κ1) is 18.1. The molecular formula is C19H21ClN5O+.